The first-order valence-electron chi connectivity index (χ1n) is 6.25. The lowest BCUT2D eigenvalue weighted by Crippen LogP contribution is -2.16. The second-order valence-electron chi connectivity index (χ2n) is 4.29. The molecule has 1 aromatic heterocycles. The third-order valence-electron chi connectivity index (χ3n) is 2.63. The highest BCUT2D eigenvalue weighted by molar-refractivity contribution is 7.13. The van der Waals surface area contributed by atoms with Crippen molar-refractivity contribution < 1.29 is 9.72 Å². The van der Waals surface area contributed by atoms with E-state index in [1.165, 1.54) is 17.4 Å². The van der Waals surface area contributed by atoms with Crippen LogP contribution >= 0.6 is 11.3 Å². The Labute approximate surface area is 125 Å². The van der Waals surface area contributed by atoms with Gasteiger partial charge in [0.2, 0.25) is 5.91 Å². The molecule has 1 heterocycles. The Morgan fingerprint density at radius 1 is 1.43 bits per heavy atom. The quantitative estimate of drug-likeness (QED) is 0.632. The number of nitro benzene ring substituents is 1. The molecule has 110 valence electrons. The highest BCUT2D eigenvalue weighted by Crippen LogP contribution is 2.23. The van der Waals surface area contributed by atoms with Gasteiger partial charge in [0.1, 0.15) is 5.69 Å². The van der Waals surface area contributed by atoms with Crippen molar-refractivity contribution in [3.63, 3.8) is 0 Å². The van der Waals surface area contributed by atoms with E-state index in [2.05, 4.69) is 15.6 Å². The Bertz CT molecular complexity index is 656. The van der Waals surface area contributed by atoms with E-state index in [-0.39, 0.29) is 18.0 Å². The normalized spacial score (nSPS) is 10.1. The monoisotopic (exact) mass is 306 g/mol. The molecule has 0 aliphatic heterocycles. The summed E-state index contributed by atoms with van der Waals surface area (Å²) >= 11 is 1.36. The first-order chi connectivity index (χ1) is 10.1. The van der Waals surface area contributed by atoms with Gasteiger partial charge in [-0.2, -0.15) is 0 Å². The van der Waals surface area contributed by atoms with Crippen LogP contribution in [0.15, 0.2) is 29.6 Å². The summed E-state index contributed by atoms with van der Waals surface area (Å²) in [6.45, 7) is 2.16. The molecule has 2 N–H and O–H groups in total. The van der Waals surface area contributed by atoms with Crippen LogP contribution in [0.3, 0.4) is 0 Å². The third kappa shape index (κ3) is 4.25. The summed E-state index contributed by atoms with van der Waals surface area (Å²) < 4.78 is 0. The number of anilines is 2. The number of nitrogens with zero attached hydrogens (tertiary/aromatic N) is 2. The fraction of sp³-hybridized carbons (Fsp3) is 0.231. The van der Waals surface area contributed by atoms with Crippen LogP contribution in [0.1, 0.15) is 12.1 Å². The number of rotatable bonds is 6. The van der Waals surface area contributed by atoms with Gasteiger partial charge in [0.05, 0.1) is 10.6 Å². The number of thiazole rings is 1. The van der Waals surface area contributed by atoms with Gasteiger partial charge in [0.25, 0.3) is 5.69 Å². The summed E-state index contributed by atoms with van der Waals surface area (Å²) in [4.78, 5) is 26.2. The SMILES string of the molecule is Cc1csc(NC(=O)CCNc2ccccc2[N+](=O)[O-])n1. The first-order valence-corrected chi connectivity index (χ1v) is 7.13. The molecule has 1 aromatic carbocycles. The van der Waals surface area contributed by atoms with Gasteiger partial charge in [-0.05, 0) is 13.0 Å². The maximum atomic E-state index is 11.7. The summed E-state index contributed by atoms with van der Waals surface area (Å²) in [5.41, 5.74) is 1.25. The van der Waals surface area contributed by atoms with Crippen LogP contribution < -0.4 is 10.6 Å². The maximum absolute atomic E-state index is 11.7. The lowest BCUT2D eigenvalue weighted by Gasteiger charge is -2.06. The summed E-state index contributed by atoms with van der Waals surface area (Å²) in [6, 6.07) is 6.33. The Balaban J connectivity index is 1.84. The summed E-state index contributed by atoms with van der Waals surface area (Å²) in [5.74, 6) is -0.185. The number of amides is 1. The standard InChI is InChI=1S/C13H14N4O3S/c1-9-8-21-13(15-9)16-12(18)6-7-14-10-4-2-3-5-11(10)17(19)20/h2-5,8,14H,6-7H2,1H3,(H,15,16,18). The van der Waals surface area contributed by atoms with Crippen LogP contribution in [0.5, 0.6) is 0 Å². The van der Waals surface area contributed by atoms with Crippen molar-refractivity contribution >= 4 is 33.8 Å². The highest BCUT2D eigenvalue weighted by atomic mass is 32.1. The van der Waals surface area contributed by atoms with Gasteiger partial charge in [-0.1, -0.05) is 12.1 Å². The molecule has 0 aliphatic carbocycles. The molecule has 0 fully saturated rings. The number of nitro groups is 1. The Morgan fingerprint density at radius 2 is 2.19 bits per heavy atom. The number of aryl methyl sites for hydroxylation is 1. The van der Waals surface area contributed by atoms with Crippen LogP contribution in [-0.4, -0.2) is 22.4 Å². The molecule has 2 aromatic rings. The smallest absolute Gasteiger partial charge is 0.292 e. The molecule has 0 atom stereocenters. The van der Waals surface area contributed by atoms with E-state index in [1.54, 1.807) is 18.2 Å². The molecule has 0 unspecified atom stereocenters. The predicted molar refractivity (Wildman–Crippen MR) is 81.7 cm³/mol. The summed E-state index contributed by atoms with van der Waals surface area (Å²) in [5, 5.41) is 18.8. The minimum atomic E-state index is -0.458. The highest BCUT2D eigenvalue weighted by Gasteiger charge is 2.12. The number of para-hydroxylation sites is 2. The lowest BCUT2D eigenvalue weighted by molar-refractivity contribution is -0.384. The van der Waals surface area contributed by atoms with Crippen molar-refractivity contribution in [2.45, 2.75) is 13.3 Å². The van der Waals surface area contributed by atoms with Gasteiger partial charge < -0.3 is 10.6 Å². The van der Waals surface area contributed by atoms with Crippen LogP contribution in [0, 0.1) is 17.0 Å². The molecule has 7 nitrogen and oxygen atoms in total. The molecule has 1 amide bonds. The molecule has 21 heavy (non-hydrogen) atoms. The molecule has 0 spiro atoms. The molecular formula is C13H14N4O3S. The third-order valence-corrected chi connectivity index (χ3v) is 3.51. The number of hydrogen-bond acceptors (Lipinski definition) is 6. The van der Waals surface area contributed by atoms with E-state index in [0.717, 1.165) is 5.69 Å². The number of carbonyl (C=O) groups excluding carboxylic acids is 1. The Morgan fingerprint density at radius 3 is 2.86 bits per heavy atom. The van der Waals surface area contributed by atoms with Crippen molar-refractivity contribution in [1.82, 2.24) is 4.98 Å². The van der Waals surface area contributed by atoms with Gasteiger partial charge in [0.15, 0.2) is 5.13 Å². The number of nitrogens with one attached hydrogen (secondary N) is 2. The topological polar surface area (TPSA) is 97.2 Å². The molecule has 0 saturated carbocycles. The zero-order chi connectivity index (χ0) is 15.2. The van der Waals surface area contributed by atoms with E-state index in [1.807, 2.05) is 12.3 Å². The minimum Gasteiger partial charge on any atom is -0.379 e. The number of aromatic nitrogens is 1. The zero-order valence-corrected chi connectivity index (χ0v) is 12.1. The fourth-order valence-electron chi connectivity index (χ4n) is 1.69. The van der Waals surface area contributed by atoms with Crippen molar-refractivity contribution in [3.05, 3.63) is 45.5 Å². The van der Waals surface area contributed by atoms with Crippen LogP contribution in [0.25, 0.3) is 0 Å². The molecule has 2 rings (SSSR count). The van der Waals surface area contributed by atoms with E-state index < -0.39 is 4.92 Å². The van der Waals surface area contributed by atoms with Crippen LogP contribution in [0.4, 0.5) is 16.5 Å². The average molecular weight is 306 g/mol. The molecule has 0 bridgehead atoms. The van der Waals surface area contributed by atoms with Gasteiger partial charge in [-0.15, -0.1) is 11.3 Å². The summed E-state index contributed by atoms with van der Waals surface area (Å²) in [6.07, 6.45) is 0.199. The molecular weight excluding hydrogens is 292 g/mol. The fourth-order valence-corrected chi connectivity index (χ4v) is 2.39. The van der Waals surface area contributed by atoms with E-state index in [4.69, 9.17) is 0 Å². The van der Waals surface area contributed by atoms with Crippen molar-refractivity contribution in [3.8, 4) is 0 Å². The minimum absolute atomic E-state index is 0.00606. The number of hydrogen-bond donors (Lipinski definition) is 2. The van der Waals surface area contributed by atoms with Gasteiger partial charge >= 0.3 is 0 Å². The van der Waals surface area contributed by atoms with Crippen molar-refractivity contribution in [2.75, 3.05) is 17.2 Å². The Kier molecular flexibility index (Phi) is 4.83. The zero-order valence-electron chi connectivity index (χ0n) is 11.3. The van der Waals surface area contributed by atoms with E-state index in [0.29, 0.717) is 17.4 Å². The number of carbonyl (C=O) groups is 1. The van der Waals surface area contributed by atoms with E-state index in [9.17, 15) is 14.9 Å². The van der Waals surface area contributed by atoms with Crippen molar-refractivity contribution in [1.29, 1.82) is 0 Å². The van der Waals surface area contributed by atoms with Gasteiger partial charge in [0, 0.05) is 24.4 Å². The largest absolute Gasteiger partial charge is 0.379 e. The first kappa shape index (κ1) is 14.9. The lowest BCUT2D eigenvalue weighted by atomic mass is 10.2. The van der Waals surface area contributed by atoms with Crippen molar-refractivity contribution in [2.24, 2.45) is 0 Å². The molecule has 0 aliphatic rings. The second kappa shape index (κ2) is 6.80. The second-order valence-corrected chi connectivity index (χ2v) is 5.15. The van der Waals surface area contributed by atoms with Gasteiger partial charge in [-0.25, -0.2) is 4.98 Å². The average Bonchev–Trinajstić information content (AvgIpc) is 2.84. The molecule has 8 heteroatoms. The van der Waals surface area contributed by atoms with E-state index >= 15 is 0 Å². The number of benzene rings is 1. The molecule has 0 radical (unpaired) electrons. The van der Waals surface area contributed by atoms with Crippen LogP contribution in [0.2, 0.25) is 0 Å². The summed E-state index contributed by atoms with van der Waals surface area (Å²) in [7, 11) is 0. The molecule has 0 saturated heterocycles. The van der Waals surface area contributed by atoms with Gasteiger partial charge in [-0.3, -0.25) is 14.9 Å². The van der Waals surface area contributed by atoms with Crippen LogP contribution in [-0.2, 0) is 4.79 Å². The maximum Gasteiger partial charge on any atom is 0.292 e. The predicted octanol–water partition coefficient (Wildman–Crippen LogP) is 2.80. The Hall–Kier alpha value is -2.48.